The summed E-state index contributed by atoms with van der Waals surface area (Å²) in [6.07, 6.45) is 0.797. The highest BCUT2D eigenvalue weighted by molar-refractivity contribution is 6.07. The van der Waals surface area contributed by atoms with Crippen molar-refractivity contribution in [3.8, 4) is 0 Å². The number of aliphatic hydroxyl groups excluding tert-OH is 1. The molecule has 2 unspecified atom stereocenters. The summed E-state index contributed by atoms with van der Waals surface area (Å²) in [4.78, 5) is 24.8. The SMILES string of the molecule is O=CCCC1c2ccccc2N(C(=O)c2ccccc2)C1O. The van der Waals surface area contributed by atoms with Gasteiger partial charge in [-0.05, 0) is 30.2 Å². The highest BCUT2D eigenvalue weighted by Gasteiger charge is 2.40. The maximum Gasteiger partial charge on any atom is 0.260 e. The third-order valence-corrected chi connectivity index (χ3v) is 4.06. The zero-order chi connectivity index (χ0) is 15.5. The molecule has 1 aliphatic heterocycles. The number of carbonyl (C=O) groups is 2. The number of fused-ring (bicyclic) bond motifs is 1. The number of hydrogen-bond acceptors (Lipinski definition) is 3. The van der Waals surface area contributed by atoms with Gasteiger partial charge < -0.3 is 9.90 Å². The predicted octanol–water partition coefficient (Wildman–Crippen LogP) is 2.73. The third-order valence-electron chi connectivity index (χ3n) is 4.06. The van der Waals surface area contributed by atoms with Gasteiger partial charge in [-0.3, -0.25) is 9.69 Å². The first-order valence-electron chi connectivity index (χ1n) is 7.33. The van der Waals surface area contributed by atoms with Crippen LogP contribution >= 0.6 is 0 Å². The van der Waals surface area contributed by atoms with E-state index in [0.29, 0.717) is 18.4 Å². The van der Waals surface area contributed by atoms with E-state index in [2.05, 4.69) is 0 Å². The lowest BCUT2D eigenvalue weighted by atomic mass is 9.95. The van der Waals surface area contributed by atoms with Gasteiger partial charge in [0.2, 0.25) is 0 Å². The number of aldehydes is 1. The number of amides is 1. The standard InChI is InChI=1S/C18H17NO3/c20-12-6-10-15-14-9-4-5-11-16(14)19(18(15)22)17(21)13-7-2-1-3-8-13/h1-5,7-9,11-12,15,18,22H,6,10H2. The Balaban J connectivity index is 1.98. The molecule has 0 spiro atoms. The number of para-hydroxylation sites is 1. The summed E-state index contributed by atoms with van der Waals surface area (Å²) < 4.78 is 0. The van der Waals surface area contributed by atoms with Crippen molar-refractivity contribution in [2.45, 2.75) is 25.0 Å². The molecule has 0 aliphatic carbocycles. The van der Waals surface area contributed by atoms with Gasteiger partial charge in [-0.1, -0.05) is 36.4 Å². The lowest BCUT2D eigenvalue weighted by Gasteiger charge is -2.24. The molecule has 1 heterocycles. The minimum Gasteiger partial charge on any atom is -0.372 e. The molecule has 2 aromatic rings. The summed E-state index contributed by atoms with van der Waals surface area (Å²) in [5, 5.41) is 10.6. The van der Waals surface area contributed by atoms with Crippen molar-refractivity contribution < 1.29 is 14.7 Å². The Bertz CT molecular complexity index is 684. The summed E-state index contributed by atoms with van der Waals surface area (Å²) >= 11 is 0. The van der Waals surface area contributed by atoms with E-state index < -0.39 is 6.23 Å². The fraction of sp³-hybridized carbons (Fsp3) is 0.222. The van der Waals surface area contributed by atoms with Crippen LogP contribution < -0.4 is 4.90 Å². The molecular formula is C18H17NO3. The molecule has 1 amide bonds. The quantitative estimate of drug-likeness (QED) is 0.882. The molecule has 0 radical (unpaired) electrons. The second kappa shape index (κ2) is 6.12. The van der Waals surface area contributed by atoms with Crippen molar-refractivity contribution in [2.24, 2.45) is 0 Å². The van der Waals surface area contributed by atoms with Crippen LogP contribution in [0, 0.1) is 0 Å². The minimum absolute atomic E-state index is 0.228. The fourth-order valence-corrected chi connectivity index (χ4v) is 3.01. The summed E-state index contributed by atoms with van der Waals surface area (Å²) in [7, 11) is 0. The van der Waals surface area contributed by atoms with Gasteiger partial charge in [0.15, 0.2) is 0 Å². The maximum atomic E-state index is 12.7. The van der Waals surface area contributed by atoms with Crippen LogP contribution in [-0.4, -0.2) is 23.5 Å². The molecule has 1 N–H and O–H groups in total. The van der Waals surface area contributed by atoms with Crippen LogP contribution in [0.2, 0.25) is 0 Å². The van der Waals surface area contributed by atoms with Gasteiger partial charge in [-0.2, -0.15) is 0 Å². The van der Waals surface area contributed by atoms with Gasteiger partial charge in [0.05, 0.1) is 5.69 Å². The van der Waals surface area contributed by atoms with Gasteiger partial charge in [-0.25, -0.2) is 0 Å². The smallest absolute Gasteiger partial charge is 0.260 e. The Morgan fingerprint density at radius 2 is 1.77 bits per heavy atom. The average Bonchev–Trinajstić information content (AvgIpc) is 2.85. The molecule has 0 saturated heterocycles. The molecule has 4 nitrogen and oxygen atoms in total. The van der Waals surface area contributed by atoms with Crippen molar-refractivity contribution in [1.29, 1.82) is 0 Å². The number of carbonyl (C=O) groups excluding carboxylic acids is 2. The molecule has 4 heteroatoms. The molecule has 0 aromatic heterocycles. The minimum atomic E-state index is -0.940. The van der Waals surface area contributed by atoms with Crippen molar-refractivity contribution in [3.63, 3.8) is 0 Å². The highest BCUT2D eigenvalue weighted by Crippen LogP contribution is 2.42. The van der Waals surface area contributed by atoms with Gasteiger partial charge in [-0.15, -0.1) is 0 Å². The summed E-state index contributed by atoms with van der Waals surface area (Å²) in [6.45, 7) is 0. The van der Waals surface area contributed by atoms with Crippen molar-refractivity contribution in [1.82, 2.24) is 0 Å². The zero-order valence-corrected chi connectivity index (χ0v) is 12.1. The van der Waals surface area contributed by atoms with Crippen LogP contribution in [0.5, 0.6) is 0 Å². The number of benzene rings is 2. The number of rotatable bonds is 4. The molecule has 0 fully saturated rings. The molecule has 2 aromatic carbocycles. The first-order chi connectivity index (χ1) is 10.7. The Kier molecular flexibility index (Phi) is 4.02. The van der Waals surface area contributed by atoms with Crippen LogP contribution in [0.3, 0.4) is 0 Å². The van der Waals surface area contributed by atoms with E-state index in [-0.39, 0.29) is 11.8 Å². The molecule has 22 heavy (non-hydrogen) atoms. The largest absolute Gasteiger partial charge is 0.372 e. The van der Waals surface area contributed by atoms with E-state index in [4.69, 9.17) is 0 Å². The molecule has 0 bridgehead atoms. The van der Waals surface area contributed by atoms with Crippen LogP contribution in [0.4, 0.5) is 5.69 Å². The molecule has 112 valence electrons. The van der Waals surface area contributed by atoms with E-state index in [1.54, 1.807) is 24.3 Å². The van der Waals surface area contributed by atoms with Gasteiger partial charge in [0, 0.05) is 17.9 Å². The van der Waals surface area contributed by atoms with Crippen LogP contribution in [-0.2, 0) is 4.79 Å². The lowest BCUT2D eigenvalue weighted by molar-refractivity contribution is -0.108. The average molecular weight is 295 g/mol. The van der Waals surface area contributed by atoms with Gasteiger partial charge >= 0.3 is 0 Å². The van der Waals surface area contributed by atoms with Crippen molar-refractivity contribution >= 4 is 17.9 Å². The third kappa shape index (κ3) is 2.42. The number of aliphatic hydroxyl groups is 1. The van der Waals surface area contributed by atoms with Crippen molar-refractivity contribution in [3.05, 3.63) is 65.7 Å². The van der Waals surface area contributed by atoms with E-state index in [1.165, 1.54) is 4.90 Å². The highest BCUT2D eigenvalue weighted by atomic mass is 16.3. The normalized spacial score (nSPS) is 19.8. The molecule has 0 saturated carbocycles. The zero-order valence-electron chi connectivity index (χ0n) is 12.1. The summed E-state index contributed by atoms with van der Waals surface area (Å²) in [5.74, 6) is -0.455. The lowest BCUT2D eigenvalue weighted by Crippen LogP contribution is -2.39. The second-order valence-electron chi connectivity index (χ2n) is 5.36. The van der Waals surface area contributed by atoms with Gasteiger partial charge in [0.25, 0.3) is 5.91 Å². The van der Waals surface area contributed by atoms with E-state index in [1.807, 2.05) is 30.3 Å². The Morgan fingerprint density at radius 1 is 1.09 bits per heavy atom. The summed E-state index contributed by atoms with van der Waals surface area (Å²) in [5.41, 5.74) is 2.17. The first kappa shape index (κ1) is 14.5. The van der Waals surface area contributed by atoms with E-state index >= 15 is 0 Å². The van der Waals surface area contributed by atoms with Gasteiger partial charge in [0.1, 0.15) is 12.5 Å². The Labute approximate surface area is 129 Å². The number of hydrogen-bond donors (Lipinski definition) is 1. The van der Waals surface area contributed by atoms with E-state index in [0.717, 1.165) is 17.5 Å². The Hall–Kier alpha value is -2.46. The monoisotopic (exact) mass is 295 g/mol. The first-order valence-corrected chi connectivity index (χ1v) is 7.33. The van der Waals surface area contributed by atoms with Crippen molar-refractivity contribution in [2.75, 3.05) is 4.90 Å². The molecule has 3 rings (SSSR count). The molecular weight excluding hydrogens is 278 g/mol. The van der Waals surface area contributed by atoms with Crippen LogP contribution in [0.15, 0.2) is 54.6 Å². The number of anilines is 1. The van der Waals surface area contributed by atoms with E-state index in [9.17, 15) is 14.7 Å². The predicted molar refractivity (Wildman–Crippen MR) is 83.7 cm³/mol. The topological polar surface area (TPSA) is 57.6 Å². The molecule has 2 atom stereocenters. The van der Waals surface area contributed by atoms with Crippen LogP contribution in [0.1, 0.15) is 34.7 Å². The number of nitrogens with zero attached hydrogens (tertiary/aromatic N) is 1. The summed E-state index contributed by atoms with van der Waals surface area (Å²) in [6, 6.07) is 16.4. The second-order valence-corrected chi connectivity index (χ2v) is 5.36. The van der Waals surface area contributed by atoms with Crippen LogP contribution in [0.25, 0.3) is 0 Å². The maximum absolute atomic E-state index is 12.7. The Morgan fingerprint density at radius 3 is 2.50 bits per heavy atom. The molecule has 1 aliphatic rings. The fourth-order valence-electron chi connectivity index (χ4n) is 3.01.